The summed E-state index contributed by atoms with van der Waals surface area (Å²) in [5.74, 6) is 0.824. The summed E-state index contributed by atoms with van der Waals surface area (Å²) in [7, 11) is 0. The predicted molar refractivity (Wildman–Crippen MR) is 59.3 cm³/mol. The van der Waals surface area contributed by atoms with Crippen LogP contribution in [0.25, 0.3) is 0 Å². The molecule has 1 atom stereocenters. The molecular formula is C12H10ClNO2. The molecule has 0 fully saturated rings. The van der Waals surface area contributed by atoms with Crippen molar-refractivity contribution in [1.29, 1.82) is 0 Å². The summed E-state index contributed by atoms with van der Waals surface area (Å²) in [6.45, 7) is 2.44. The Labute approximate surface area is 98.0 Å². The lowest BCUT2D eigenvalue weighted by molar-refractivity contribution is 0.0855. The molecule has 0 radical (unpaired) electrons. The second-order valence-electron chi connectivity index (χ2n) is 3.82. The lowest BCUT2D eigenvalue weighted by Crippen LogP contribution is -1.99. The largest absolute Gasteiger partial charge is 0.362 e. The number of hydrogen-bond acceptors (Lipinski definition) is 3. The Balaban J connectivity index is 2.08. The van der Waals surface area contributed by atoms with Crippen LogP contribution in [0, 0.1) is 6.92 Å². The van der Waals surface area contributed by atoms with Crippen molar-refractivity contribution in [1.82, 2.24) is 5.16 Å². The van der Waals surface area contributed by atoms with Gasteiger partial charge in [-0.05, 0) is 13.0 Å². The summed E-state index contributed by atoms with van der Waals surface area (Å²) >= 11 is 6.14. The summed E-state index contributed by atoms with van der Waals surface area (Å²) in [6.07, 6.45) is -0.193. The summed E-state index contributed by atoms with van der Waals surface area (Å²) in [4.78, 5) is 0. The van der Waals surface area contributed by atoms with Gasteiger partial charge in [-0.1, -0.05) is 35.0 Å². The molecule has 0 N–H and O–H groups in total. The van der Waals surface area contributed by atoms with Gasteiger partial charge in [-0.25, -0.2) is 0 Å². The minimum absolute atomic E-state index is 0.193. The molecule has 0 aliphatic carbocycles. The predicted octanol–water partition coefficient (Wildman–Crippen LogP) is 3.26. The zero-order chi connectivity index (χ0) is 11.1. The number of ether oxygens (including phenoxy) is 1. The molecule has 1 aliphatic rings. The van der Waals surface area contributed by atoms with Crippen LogP contribution in [0.3, 0.4) is 0 Å². The lowest BCUT2D eigenvalue weighted by atomic mass is 10.1. The molecule has 0 bridgehead atoms. The van der Waals surface area contributed by atoms with E-state index >= 15 is 0 Å². The van der Waals surface area contributed by atoms with Crippen LogP contribution in [0.4, 0.5) is 0 Å². The first-order chi connectivity index (χ1) is 7.77. The number of nitrogens with zero attached hydrogens (tertiary/aromatic N) is 1. The number of aryl methyl sites for hydroxylation is 1. The minimum Gasteiger partial charge on any atom is -0.362 e. The first-order valence-corrected chi connectivity index (χ1v) is 5.46. The summed E-state index contributed by atoms with van der Waals surface area (Å²) in [6, 6.07) is 7.64. The van der Waals surface area contributed by atoms with Crippen molar-refractivity contribution in [2.45, 2.75) is 19.6 Å². The monoisotopic (exact) mass is 235 g/mol. The van der Waals surface area contributed by atoms with Crippen molar-refractivity contribution in [3.05, 3.63) is 51.9 Å². The van der Waals surface area contributed by atoms with E-state index in [1.54, 1.807) is 0 Å². The van der Waals surface area contributed by atoms with E-state index in [1.807, 2.05) is 31.2 Å². The molecule has 82 valence electrons. The highest BCUT2D eigenvalue weighted by molar-refractivity contribution is 6.31. The molecule has 1 aliphatic heterocycles. The molecule has 1 unspecified atom stereocenters. The van der Waals surface area contributed by atoms with Crippen molar-refractivity contribution >= 4 is 11.6 Å². The Morgan fingerprint density at radius 3 is 3.00 bits per heavy atom. The zero-order valence-corrected chi connectivity index (χ0v) is 9.49. The zero-order valence-electron chi connectivity index (χ0n) is 8.74. The number of halogens is 1. The Kier molecular flexibility index (Phi) is 2.23. The first-order valence-electron chi connectivity index (χ1n) is 5.08. The normalized spacial score (nSPS) is 18.8. The fourth-order valence-electron chi connectivity index (χ4n) is 1.96. The summed E-state index contributed by atoms with van der Waals surface area (Å²) in [5, 5.41) is 4.73. The fraction of sp³-hybridized carbons (Fsp3) is 0.250. The van der Waals surface area contributed by atoms with Gasteiger partial charge in [0.2, 0.25) is 0 Å². The Bertz CT molecular complexity index is 536. The van der Waals surface area contributed by atoms with Gasteiger partial charge < -0.3 is 9.26 Å². The summed E-state index contributed by atoms with van der Waals surface area (Å²) in [5.41, 5.74) is 2.84. The van der Waals surface area contributed by atoms with Gasteiger partial charge in [0, 0.05) is 16.1 Å². The van der Waals surface area contributed by atoms with Gasteiger partial charge in [-0.2, -0.15) is 0 Å². The summed E-state index contributed by atoms with van der Waals surface area (Å²) < 4.78 is 10.9. The Hall–Kier alpha value is -1.32. The molecule has 1 aromatic carbocycles. The van der Waals surface area contributed by atoms with Crippen LogP contribution in [0.15, 0.2) is 28.8 Å². The molecule has 1 aromatic heterocycles. The SMILES string of the molecule is Cc1onc2c1COC2c1ccccc1Cl. The molecule has 2 aromatic rings. The first kappa shape index (κ1) is 9.87. The lowest BCUT2D eigenvalue weighted by Gasteiger charge is -2.10. The van der Waals surface area contributed by atoms with Crippen LogP contribution in [0.1, 0.15) is 28.7 Å². The number of hydrogen-bond donors (Lipinski definition) is 0. The van der Waals surface area contributed by atoms with Crippen molar-refractivity contribution in [3.8, 4) is 0 Å². The highest BCUT2D eigenvalue weighted by atomic mass is 35.5. The molecule has 16 heavy (non-hydrogen) atoms. The van der Waals surface area contributed by atoms with Gasteiger partial charge in [0.25, 0.3) is 0 Å². The molecule has 0 saturated carbocycles. The van der Waals surface area contributed by atoms with E-state index in [9.17, 15) is 0 Å². The third kappa shape index (κ3) is 1.36. The van der Waals surface area contributed by atoms with Crippen molar-refractivity contribution < 1.29 is 9.26 Å². The quantitative estimate of drug-likeness (QED) is 0.761. The molecule has 0 saturated heterocycles. The number of aromatic nitrogens is 1. The molecule has 3 rings (SSSR count). The second kappa shape index (κ2) is 3.61. The van der Waals surface area contributed by atoms with Crippen LogP contribution < -0.4 is 0 Å². The van der Waals surface area contributed by atoms with E-state index in [2.05, 4.69) is 5.16 Å². The minimum atomic E-state index is -0.193. The fourth-order valence-corrected chi connectivity index (χ4v) is 2.20. The van der Waals surface area contributed by atoms with Gasteiger partial charge >= 0.3 is 0 Å². The molecule has 3 nitrogen and oxygen atoms in total. The van der Waals surface area contributed by atoms with E-state index in [0.717, 1.165) is 22.6 Å². The van der Waals surface area contributed by atoms with Crippen LogP contribution in [0.2, 0.25) is 5.02 Å². The molecule has 4 heteroatoms. The van der Waals surface area contributed by atoms with E-state index in [-0.39, 0.29) is 6.10 Å². The van der Waals surface area contributed by atoms with Crippen LogP contribution >= 0.6 is 11.6 Å². The molecule has 0 spiro atoms. The maximum absolute atomic E-state index is 6.14. The standard InChI is InChI=1S/C12H10ClNO2/c1-7-9-6-15-12(11(9)14-16-7)8-4-2-3-5-10(8)13/h2-5,12H,6H2,1H3. The average Bonchev–Trinajstić information content (AvgIpc) is 2.83. The van der Waals surface area contributed by atoms with Gasteiger partial charge in [-0.3, -0.25) is 0 Å². The van der Waals surface area contributed by atoms with Crippen molar-refractivity contribution in [2.24, 2.45) is 0 Å². The third-order valence-corrected chi connectivity index (χ3v) is 3.19. The van der Waals surface area contributed by atoms with E-state index < -0.39 is 0 Å². The van der Waals surface area contributed by atoms with Gasteiger partial charge in [0.1, 0.15) is 17.6 Å². The number of benzene rings is 1. The van der Waals surface area contributed by atoms with Crippen LogP contribution in [-0.4, -0.2) is 5.16 Å². The van der Waals surface area contributed by atoms with Gasteiger partial charge in [0.05, 0.1) is 6.61 Å². The van der Waals surface area contributed by atoms with Gasteiger partial charge in [-0.15, -0.1) is 0 Å². The van der Waals surface area contributed by atoms with E-state index in [0.29, 0.717) is 11.6 Å². The van der Waals surface area contributed by atoms with Crippen LogP contribution in [0.5, 0.6) is 0 Å². The van der Waals surface area contributed by atoms with Crippen molar-refractivity contribution in [3.63, 3.8) is 0 Å². The molecule has 0 amide bonds. The smallest absolute Gasteiger partial charge is 0.139 e. The second-order valence-corrected chi connectivity index (χ2v) is 4.22. The number of fused-ring (bicyclic) bond motifs is 1. The average molecular weight is 236 g/mol. The van der Waals surface area contributed by atoms with Crippen LogP contribution in [-0.2, 0) is 11.3 Å². The van der Waals surface area contributed by atoms with E-state index in [1.165, 1.54) is 0 Å². The Morgan fingerprint density at radius 2 is 2.19 bits per heavy atom. The maximum atomic E-state index is 6.14. The van der Waals surface area contributed by atoms with Gasteiger partial charge in [0.15, 0.2) is 0 Å². The molecule has 2 heterocycles. The highest BCUT2D eigenvalue weighted by Gasteiger charge is 2.31. The maximum Gasteiger partial charge on any atom is 0.139 e. The molecular weight excluding hydrogens is 226 g/mol. The van der Waals surface area contributed by atoms with E-state index in [4.69, 9.17) is 20.9 Å². The Morgan fingerprint density at radius 1 is 1.38 bits per heavy atom. The number of rotatable bonds is 1. The topological polar surface area (TPSA) is 35.3 Å². The van der Waals surface area contributed by atoms with Crippen molar-refractivity contribution in [2.75, 3.05) is 0 Å². The highest BCUT2D eigenvalue weighted by Crippen LogP contribution is 2.38. The third-order valence-electron chi connectivity index (χ3n) is 2.85.